The number of rotatable bonds is 5. The van der Waals surface area contributed by atoms with Gasteiger partial charge < -0.3 is 28.4 Å². The van der Waals surface area contributed by atoms with E-state index < -0.39 is 17.9 Å². The Bertz CT molecular complexity index is 396. The predicted octanol–water partition coefficient (Wildman–Crippen LogP) is 2.20. The third-order valence-electron chi connectivity index (χ3n) is 4.23. The zero-order chi connectivity index (χ0) is 16.0. The van der Waals surface area contributed by atoms with Gasteiger partial charge in [0.15, 0.2) is 17.9 Å². The molecule has 6 nitrogen and oxygen atoms in total. The SMILES string of the molecule is CCCCO[C@@H]1[C@H]([C@@H]2COC(C)(C)O2)O[C@@H]2OC(C)(C)O[C@@H]21. The monoisotopic (exact) mass is 316 g/mol. The van der Waals surface area contributed by atoms with Crippen molar-refractivity contribution in [2.75, 3.05) is 13.2 Å². The lowest BCUT2D eigenvalue weighted by Gasteiger charge is -2.29. The van der Waals surface area contributed by atoms with Crippen molar-refractivity contribution in [2.24, 2.45) is 0 Å². The standard InChI is InChI=1S/C16H28O6/c1-6-7-8-17-12-11(10-9-18-15(2,3)20-10)19-14-13(12)21-16(4,5)22-14/h10-14H,6-9H2,1-5H3/t10-,11-,12+,13+,14+/m0/s1. The highest BCUT2D eigenvalue weighted by atomic mass is 16.8. The average molecular weight is 316 g/mol. The lowest BCUT2D eigenvalue weighted by atomic mass is 10.1. The summed E-state index contributed by atoms with van der Waals surface area (Å²) in [7, 11) is 0. The Kier molecular flexibility index (Phi) is 4.53. The van der Waals surface area contributed by atoms with Crippen molar-refractivity contribution < 1.29 is 28.4 Å². The molecule has 3 heterocycles. The molecule has 0 N–H and O–H groups in total. The van der Waals surface area contributed by atoms with Crippen LogP contribution in [-0.2, 0) is 28.4 Å². The van der Waals surface area contributed by atoms with Gasteiger partial charge in [-0.25, -0.2) is 0 Å². The summed E-state index contributed by atoms with van der Waals surface area (Å²) in [5, 5.41) is 0. The molecule has 0 aromatic rings. The van der Waals surface area contributed by atoms with Crippen LogP contribution in [0.25, 0.3) is 0 Å². The fourth-order valence-electron chi connectivity index (χ4n) is 3.23. The predicted molar refractivity (Wildman–Crippen MR) is 78.3 cm³/mol. The normalized spacial score (nSPS) is 42.7. The van der Waals surface area contributed by atoms with E-state index in [2.05, 4.69) is 6.92 Å². The van der Waals surface area contributed by atoms with E-state index in [1.807, 2.05) is 27.7 Å². The maximum Gasteiger partial charge on any atom is 0.190 e. The average Bonchev–Trinajstić information content (AvgIpc) is 3.01. The summed E-state index contributed by atoms with van der Waals surface area (Å²) in [6.07, 6.45) is 0.889. The zero-order valence-corrected chi connectivity index (χ0v) is 14.2. The second-order valence-electron chi connectivity index (χ2n) is 7.13. The van der Waals surface area contributed by atoms with Crippen molar-refractivity contribution in [1.29, 1.82) is 0 Å². The van der Waals surface area contributed by atoms with Crippen LogP contribution >= 0.6 is 0 Å². The van der Waals surface area contributed by atoms with Crippen molar-refractivity contribution in [3.8, 4) is 0 Å². The molecule has 0 spiro atoms. The van der Waals surface area contributed by atoms with E-state index in [1.165, 1.54) is 0 Å². The second-order valence-corrected chi connectivity index (χ2v) is 7.13. The first-order chi connectivity index (χ1) is 10.3. The number of fused-ring (bicyclic) bond motifs is 1. The molecule has 3 aliphatic rings. The quantitative estimate of drug-likeness (QED) is 0.725. The summed E-state index contributed by atoms with van der Waals surface area (Å²) in [4.78, 5) is 0. The van der Waals surface area contributed by atoms with E-state index in [-0.39, 0.29) is 24.4 Å². The van der Waals surface area contributed by atoms with Crippen LogP contribution in [0.15, 0.2) is 0 Å². The minimum atomic E-state index is -0.640. The summed E-state index contributed by atoms with van der Waals surface area (Å²) >= 11 is 0. The highest BCUT2D eigenvalue weighted by Crippen LogP contribution is 2.41. The summed E-state index contributed by atoms with van der Waals surface area (Å²) in [6.45, 7) is 10.9. The van der Waals surface area contributed by atoms with Gasteiger partial charge in [0.2, 0.25) is 0 Å². The van der Waals surface area contributed by atoms with Crippen LogP contribution in [0.1, 0.15) is 47.5 Å². The van der Waals surface area contributed by atoms with E-state index in [4.69, 9.17) is 28.4 Å². The van der Waals surface area contributed by atoms with Crippen LogP contribution in [0.5, 0.6) is 0 Å². The molecule has 0 amide bonds. The summed E-state index contributed by atoms with van der Waals surface area (Å²) < 4.78 is 35.6. The lowest BCUT2D eigenvalue weighted by Crippen LogP contribution is -2.44. The molecule has 0 aromatic carbocycles. The van der Waals surface area contributed by atoms with Gasteiger partial charge in [0.1, 0.15) is 24.4 Å². The molecule has 3 fully saturated rings. The molecule has 0 aromatic heterocycles. The van der Waals surface area contributed by atoms with Gasteiger partial charge in [-0.05, 0) is 34.1 Å². The van der Waals surface area contributed by atoms with E-state index in [1.54, 1.807) is 0 Å². The molecule has 3 rings (SSSR count). The first-order valence-electron chi connectivity index (χ1n) is 8.26. The minimum absolute atomic E-state index is 0.164. The zero-order valence-electron chi connectivity index (χ0n) is 14.2. The van der Waals surface area contributed by atoms with Crippen LogP contribution in [0, 0.1) is 0 Å². The number of hydrogen-bond acceptors (Lipinski definition) is 6. The Morgan fingerprint density at radius 1 is 1.00 bits per heavy atom. The lowest BCUT2D eigenvalue weighted by molar-refractivity contribution is -0.236. The van der Waals surface area contributed by atoms with E-state index >= 15 is 0 Å². The van der Waals surface area contributed by atoms with E-state index in [9.17, 15) is 0 Å². The molecule has 3 aliphatic heterocycles. The molecule has 6 heteroatoms. The van der Waals surface area contributed by atoms with Crippen molar-refractivity contribution in [2.45, 2.75) is 89.7 Å². The maximum atomic E-state index is 6.08. The van der Waals surface area contributed by atoms with Gasteiger partial charge >= 0.3 is 0 Å². The number of ether oxygens (including phenoxy) is 6. The first kappa shape index (κ1) is 16.6. The fraction of sp³-hybridized carbons (Fsp3) is 1.00. The van der Waals surface area contributed by atoms with Gasteiger partial charge in [-0.1, -0.05) is 13.3 Å². The molecule has 0 radical (unpaired) electrons. The highest BCUT2D eigenvalue weighted by molar-refractivity contribution is 4.98. The van der Waals surface area contributed by atoms with Crippen molar-refractivity contribution in [3.63, 3.8) is 0 Å². The van der Waals surface area contributed by atoms with Crippen LogP contribution in [-0.4, -0.2) is 55.5 Å². The van der Waals surface area contributed by atoms with E-state index in [0.717, 1.165) is 12.8 Å². The van der Waals surface area contributed by atoms with Crippen LogP contribution < -0.4 is 0 Å². The Labute approximate surface area is 132 Å². The van der Waals surface area contributed by atoms with Crippen LogP contribution in [0.3, 0.4) is 0 Å². The smallest absolute Gasteiger partial charge is 0.190 e. The fourth-order valence-corrected chi connectivity index (χ4v) is 3.23. The molecule has 0 unspecified atom stereocenters. The first-order valence-corrected chi connectivity index (χ1v) is 8.26. The van der Waals surface area contributed by atoms with Crippen molar-refractivity contribution in [1.82, 2.24) is 0 Å². The molecule has 0 saturated carbocycles. The topological polar surface area (TPSA) is 55.4 Å². The van der Waals surface area contributed by atoms with Gasteiger partial charge in [-0.15, -0.1) is 0 Å². The van der Waals surface area contributed by atoms with Crippen molar-refractivity contribution in [3.05, 3.63) is 0 Å². The van der Waals surface area contributed by atoms with Crippen LogP contribution in [0.2, 0.25) is 0 Å². The molecular weight excluding hydrogens is 288 g/mol. The molecule has 0 bridgehead atoms. The Morgan fingerprint density at radius 2 is 1.77 bits per heavy atom. The maximum absolute atomic E-state index is 6.08. The number of hydrogen-bond donors (Lipinski definition) is 0. The van der Waals surface area contributed by atoms with Gasteiger partial charge in [0.05, 0.1) is 6.61 Å². The molecule has 128 valence electrons. The highest BCUT2D eigenvalue weighted by Gasteiger charge is 2.58. The molecule has 22 heavy (non-hydrogen) atoms. The van der Waals surface area contributed by atoms with Gasteiger partial charge in [0, 0.05) is 6.61 Å². The van der Waals surface area contributed by atoms with Gasteiger partial charge in [-0.2, -0.15) is 0 Å². The summed E-state index contributed by atoms with van der Waals surface area (Å²) in [5.74, 6) is -1.22. The van der Waals surface area contributed by atoms with E-state index in [0.29, 0.717) is 13.2 Å². The third kappa shape index (κ3) is 3.32. The molecular formula is C16H28O6. The van der Waals surface area contributed by atoms with Crippen molar-refractivity contribution >= 4 is 0 Å². The third-order valence-corrected chi connectivity index (χ3v) is 4.23. The van der Waals surface area contributed by atoms with Gasteiger partial charge in [0.25, 0.3) is 0 Å². The molecule has 3 saturated heterocycles. The van der Waals surface area contributed by atoms with Crippen LogP contribution in [0.4, 0.5) is 0 Å². The Morgan fingerprint density at radius 3 is 2.41 bits per heavy atom. The van der Waals surface area contributed by atoms with Gasteiger partial charge in [-0.3, -0.25) is 0 Å². The Hall–Kier alpha value is -0.240. The second kappa shape index (κ2) is 6.00. The molecule has 5 atom stereocenters. The summed E-state index contributed by atoms with van der Waals surface area (Å²) in [5.41, 5.74) is 0. The molecule has 0 aliphatic carbocycles. The summed E-state index contributed by atoms with van der Waals surface area (Å²) in [6, 6.07) is 0. The largest absolute Gasteiger partial charge is 0.372 e. The minimum Gasteiger partial charge on any atom is -0.372 e. The number of unbranched alkanes of at least 4 members (excludes halogenated alkanes) is 1. The Balaban J connectivity index is 1.69.